The lowest BCUT2D eigenvalue weighted by Crippen LogP contribution is -2.42. The molecule has 2 N–H and O–H groups in total. The van der Waals surface area contributed by atoms with Crippen LogP contribution in [0.25, 0.3) is 0 Å². The number of rotatable bonds is 3. The Labute approximate surface area is 108 Å². The van der Waals surface area contributed by atoms with Gasteiger partial charge in [0.25, 0.3) is 0 Å². The maximum absolute atomic E-state index is 11.9. The molecule has 2 rings (SSSR count). The molecule has 1 aromatic carbocycles. The Bertz CT molecular complexity index is 420. The highest BCUT2D eigenvalue weighted by molar-refractivity contribution is 5.92. The Morgan fingerprint density at radius 1 is 1.50 bits per heavy atom. The molecule has 18 heavy (non-hydrogen) atoms. The van der Waals surface area contributed by atoms with Gasteiger partial charge in [0.2, 0.25) is 5.91 Å². The van der Waals surface area contributed by atoms with Crippen LogP contribution in [0.4, 0.5) is 5.69 Å². The van der Waals surface area contributed by atoms with Crippen LogP contribution in [0.5, 0.6) is 0 Å². The highest BCUT2D eigenvalue weighted by Crippen LogP contribution is 2.14. The molecule has 1 aliphatic rings. The average molecular weight is 248 g/mol. The summed E-state index contributed by atoms with van der Waals surface area (Å²) in [6.45, 7) is 3.81. The molecule has 0 bridgehead atoms. The molecule has 1 unspecified atom stereocenters. The van der Waals surface area contributed by atoms with Crippen LogP contribution in [-0.4, -0.2) is 41.7 Å². The number of piperidine rings is 1. The van der Waals surface area contributed by atoms with Gasteiger partial charge in [-0.1, -0.05) is 18.2 Å². The van der Waals surface area contributed by atoms with Gasteiger partial charge >= 0.3 is 0 Å². The van der Waals surface area contributed by atoms with Gasteiger partial charge < -0.3 is 10.4 Å². The van der Waals surface area contributed by atoms with Crippen molar-refractivity contribution in [3.63, 3.8) is 0 Å². The standard InChI is InChI=1S/C14H20N2O2/c1-11-5-2-3-7-13(11)15-14(18)10-16-8-4-6-12(17)9-16/h2-3,5,7,12,17H,4,6,8-10H2,1H3,(H,15,18). The fourth-order valence-corrected chi connectivity index (χ4v) is 2.28. The largest absolute Gasteiger partial charge is 0.392 e. The van der Waals surface area contributed by atoms with Gasteiger partial charge in [0.1, 0.15) is 0 Å². The maximum Gasteiger partial charge on any atom is 0.238 e. The van der Waals surface area contributed by atoms with Crippen LogP contribution in [0, 0.1) is 6.92 Å². The van der Waals surface area contributed by atoms with E-state index in [1.807, 2.05) is 36.1 Å². The molecule has 1 atom stereocenters. The second-order valence-electron chi connectivity index (χ2n) is 4.89. The Hall–Kier alpha value is -1.39. The highest BCUT2D eigenvalue weighted by Gasteiger charge is 2.19. The second-order valence-corrected chi connectivity index (χ2v) is 4.89. The average Bonchev–Trinajstić information content (AvgIpc) is 2.32. The Morgan fingerprint density at radius 2 is 2.28 bits per heavy atom. The van der Waals surface area contributed by atoms with Crippen molar-refractivity contribution >= 4 is 11.6 Å². The van der Waals surface area contributed by atoms with Gasteiger partial charge in [0.15, 0.2) is 0 Å². The Morgan fingerprint density at radius 3 is 3.00 bits per heavy atom. The third-order valence-electron chi connectivity index (χ3n) is 3.27. The number of β-amino-alcohol motifs (C(OH)–C–C–N with tert-alkyl or cyclic N) is 1. The number of para-hydroxylation sites is 1. The summed E-state index contributed by atoms with van der Waals surface area (Å²) in [7, 11) is 0. The number of carbonyl (C=O) groups is 1. The molecule has 4 heteroatoms. The zero-order valence-corrected chi connectivity index (χ0v) is 10.7. The van der Waals surface area contributed by atoms with Gasteiger partial charge in [0.05, 0.1) is 12.6 Å². The molecule has 1 saturated heterocycles. The monoisotopic (exact) mass is 248 g/mol. The van der Waals surface area contributed by atoms with E-state index in [4.69, 9.17) is 0 Å². The topological polar surface area (TPSA) is 52.6 Å². The van der Waals surface area contributed by atoms with Gasteiger partial charge in [-0.15, -0.1) is 0 Å². The van der Waals surface area contributed by atoms with Crippen LogP contribution in [0.1, 0.15) is 18.4 Å². The zero-order chi connectivity index (χ0) is 13.0. The summed E-state index contributed by atoms with van der Waals surface area (Å²) in [6.07, 6.45) is 1.51. The number of aliphatic hydroxyl groups is 1. The number of nitrogens with one attached hydrogen (secondary N) is 1. The van der Waals surface area contributed by atoms with Crippen molar-refractivity contribution in [2.45, 2.75) is 25.9 Å². The van der Waals surface area contributed by atoms with Crippen molar-refractivity contribution < 1.29 is 9.90 Å². The summed E-state index contributed by atoms with van der Waals surface area (Å²) in [5, 5.41) is 12.5. The maximum atomic E-state index is 11.9. The lowest BCUT2D eigenvalue weighted by atomic mass is 10.1. The van der Waals surface area contributed by atoms with E-state index in [0.717, 1.165) is 30.6 Å². The van der Waals surface area contributed by atoms with E-state index in [1.54, 1.807) is 0 Å². The first-order valence-electron chi connectivity index (χ1n) is 6.41. The third-order valence-corrected chi connectivity index (χ3v) is 3.27. The lowest BCUT2D eigenvalue weighted by Gasteiger charge is -2.29. The highest BCUT2D eigenvalue weighted by atomic mass is 16.3. The van der Waals surface area contributed by atoms with Crippen molar-refractivity contribution in [3.8, 4) is 0 Å². The van der Waals surface area contributed by atoms with Gasteiger partial charge in [-0.3, -0.25) is 9.69 Å². The van der Waals surface area contributed by atoms with Crippen molar-refractivity contribution in [3.05, 3.63) is 29.8 Å². The minimum absolute atomic E-state index is 0.0154. The quantitative estimate of drug-likeness (QED) is 0.850. The summed E-state index contributed by atoms with van der Waals surface area (Å²) in [5.41, 5.74) is 1.92. The smallest absolute Gasteiger partial charge is 0.238 e. The van der Waals surface area contributed by atoms with Crippen LogP contribution in [0.15, 0.2) is 24.3 Å². The minimum Gasteiger partial charge on any atom is -0.392 e. The number of anilines is 1. The number of aliphatic hydroxyl groups excluding tert-OH is 1. The first-order valence-corrected chi connectivity index (χ1v) is 6.41. The molecule has 0 aromatic heterocycles. The van der Waals surface area contributed by atoms with Crippen LogP contribution < -0.4 is 5.32 Å². The molecule has 0 spiro atoms. The summed E-state index contributed by atoms with van der Waals surface area (Å²) >= 11 is 0. The van der Waals surface area contributed by atoms with Crippen molar-refractivity contribution in [1.82, 2.24) is 4.90 Å². The molecule has 0 aliphatic carbocycles. The second kappa shape index (κ2) is 5.98. The number of hydrogen-bond acceptors (Lipinski definition) is 3. The van der Waals surface area contributed by atoms with Crippen LogP contribution >= 0.6 is 0 Å². The number of amides is 1. The Balaban J connectivity index is 1.87. The van der Waals surface area contributed by atoms with Gasteiger partial charge in [-0.2, -0.15) is 0 Å². The molecule has 1 heterocycles. The number of likely N-dealkylation sites (tertiary alicyclic amines) is 1. The van der Waals surface area contributed by atoms with Crippen molar-refractivity contribution in [1.29, 1.82) is 0 Å². The normalized spacial score (nSPS) is 20.7. The van der Waals surface area contributed by atoms with Crippen molar-refractivity contribution in [2.75, 3.05) is 25.0 Å². The molecule has 0 saturated carbocycles. The van der Waals surface area contributed by atoms with Crippen molar-refractivity contribution in [2.24, 2.45) is 0 Å². The predicted octanol–water partition coefficient (Wildman–Crippen LogP) is 1.39. The summed E-state index contributed by atoms with van der Waals surface area (Å²) < 4.78 is 0. The van der Waals surface area contributed by atoms with Gasteiger partial charge in [-0.25, -0.2) is 0 Å². The SMILES string of the molecule is Cc1ccccc1NC(=O)CN1CCCC(O)C1. The molecular formula is C14H20N2O2. The Kier molecular flexibility index (Phi) is 4.33. The van der Waals surface area contributed by atoms with E-state index in [-0.39, 0.29) is 12.0 Å². The van der Waals surface area contributed by atoms with Crippen LogP contribution in [0.2, 0.25) is 0 Å². The van der Waals surface area contributed by atoms with E-state index >= 15 is 0 Å². The summed E-state index contributed by atoms with van der Waals surface area (Å²) in [6, 6.07) is 7.73. The van der Waals surface area contributed by atoms with Gasteiger partial charge in [-0.05, 0) is 37.9 Å². The third kappa shape index (κ3) is 3.55. The predicted molar refractivity (Wildman–Crippen MR) is 71.5 cm³/mol. The number of aryl methyl sites for hydroxylation is 1. The molecule has 98 valence electrons. The number of hydrogen-bond donors (Lipinski definition) is 2. The number of carbonyl (C=O) groups excluding carboxylic acids is 1. The first kappa shape index (κ1) is 13.1. The summed E-state index contributed by atoms with van der Waals surface area (Å²) in [5.74, 6) is -0.0154. The van der Waals surface area contributed by atoms with Gasteiger partial charge in [0, 0.05) is 12.2 Å². The lowest BCUT2D eigenvalue weighted by molar-refractivity contribution is -0.118. The summed E-state index contributed by atoms with van der Waals surface area (Å²) in [4.78, 5) is 13.9. The van der Waals surface area contributed by atoms with Crippen LogP contribution in [0.3, 0.4) is 0 Å². The molecule has 1 amide bonds. The molecule has 1 aromatic rings. The zero-order valence-electron chi connectivity index (χ0n) is 10.7. The van der Waals surface area contributed by atoms with E-state index in [9.17, 15) is 9.90 Å². The molecule has 1 fully saturated rings. The minimum atomic E-state index is -0.287. The van der Waals surface area contributed by atoms with Crippen LogP contribution in [-0.2, 0) is 4.79 Å². The van der Waals surface area contributed by atoms with E-state index < -0.39 is 0 Å². The molecule has 0 radical (unpaired) electrons. The first-order chi connectivity index (χ1) is 8.65. The fraction of sp³-hybridized carbons (Fsp3) is 0.500. The number of nitrogens with zero attached hydrogens (tertiary/aromatic N) is 1. The molecular weight excluding hydrogens is 228 g/mol. The van der Waals surface area contributed by atoms with E-state index in [1.165, 1.54) is 0 Å². The molecule has 4 nitrogen and oxygen atoms in total. The van der Waals surface area contributed by atoms with E-state index in [2.05, 4.69) is 5.32 Å². The van der Waals surface area contributed by atoms with E-state index in [0.29, 0.717) is 13.1 Å². The fourth-order valence-electron chi connectivity index (χ4n) is 2.28. The molecule has 1 aliphatic heterocycles. The number of benzene rings is 1.